The van der Waals surface area contributed by atoms with Crippen molar-refractivity contribution in [3.63, 3.8) is 0 Å². The normalized spacial score (nSPS) is 9.28. The first-order valence-corrected chi connectivity index (χ1v) is 6.07. The molecular formula is C16H18O2. The number of aromatic carboxylic acids is 1. The molecule has 2 heteroatoms. The van der Waals surface area contributed by atoms with Crippen LogP contribution in [0.15, 0.2) is 48.5 Å². The van der Waals surface area contributed by atoms with Crippen LogP contribution >= 0.6 is 0 Å². The summed E-state index contributed by atoms with van der Waals surface area (Å²) in [6.45, 7) is 6.03. The first-order chi connectivity index (χ1) is 8.66. The average Bonchev–Trinajstić information content (AvgIpc) is 2.42. The van der Waals surface area contributed by atoms with E-state index in [0.29, 0.717) is 5.56 Å². The van der Waals surface area contributed by atoms with Gasteiger partial charge in [-0.3, -0.25) is 0 Å². The van der Waals surface area contributed by atoms with Crippen LogP contribution in [0.2, 0.25) is 0 Å². The fourth-order valence-electron chi connectivity index (χ4n) is 1.58. The molecule has 2 aromatic carbocycles. The molecule has 1 N–H and O–H groups in total. The van der Waals surface area contributed by atoms with Crippen LogP contribution in [0.1, 0.15) is 29.8 Å². The second kappa shape index (κ2) is 6.60. The van der Waals surface area contributed by atoms with Crippen molar-refractivity contribution in [3.8, 4) is 11.1 Å². The lowest BCUT2D eigenvalue weighted by Crippen LogP contribution is -1.95. The molecule has 0 saturated heterocycles. The topological polar surface area (TPSA) is 37.3 Å². The van der Waals surface area contributed by atoms with Gasteiger partial charge in [0.2, 0.25) is 0 Å². The van der Waals surface area contributed by atoms with Gasteiger partial charge in [0.15, 0.2) is 0 Å². The van der Waals surface area contributed by atoms with Gasteiger partial charge in [-0.05, 0) is 30.2 Å². The summed E-state index contributed by atoms with van der Waals surface area (Å²) in [5.41, 5.74) is 3.48. The zero-order valence-corrected chi connectivity index (χ0v) is 11.0. The Morgan fingerprint density at radius 3 is 2.11 bits per heavy atom. The molecule has 0 spiro atoms. The van der Waals surface area contributed by atoms with Crippen LogP contribution in [0.3, 0.4) is 0 Å². The molecule has 0 fully saturated rings. The molecule has 0 aromatic heterocycles. The van der Waals surface area contributed by atoms with Crippen molar-refractivity contribution >= 4 is 5.97 Å². The van der Waals surface area contributed by atoms with E-state index in [9.17, 15) is 4.79 Å². The second-order valence-corrected chi connectivity index (χ2v) is 3.75. The van der Waals surface area contributed by atoms with Gasteiger partial charge < -0.3 is 5.11 Å². The zero-order chi connectivity index (χ0) is 13.5. The standard InChI is InChI=1S/C14H12O2.C2H6/c1-10-5-7-11(8-6-10)12-3-2-4-13(9-12)14(15)16;1-2/h2-9H,1H3,(H,15,16);1-2H3. The Bertz CT molecular complexity index is 513. The highest BCUT2D eigenvalue weighted by Gasteiger charge is 2.04. The minimum Gasteiger partial charge on any atom is -0.478 e. The van der Waals surface area contributed by atoms with Crippen molar-refractivity contribution in [1.82, 2.24) is 0 Å². The van der Waals surface area contributed by atoms with E-state index in [1.807, 2.05) is 51.1 Å². The third-order valence-corrected chi connectivity index (χ3v) is 2.49. The summed E-state index contributed by atoms with van der Waals surface area (Å²) in [5, 5.41) is 8.90. The molecule has 2 rings (SSSR count). The molecule has 0 unspecified atom stereocenters. The molecule has 0 bridgehead atoms. The first-order valence-electron chi connectivity index (χ1n) is 6.07. The minimum atomic E-state index is -0.894. The van der Waals surface area contributed by atoms with E-state index in [1.165, 1.54) is 5.56 Å². The van der Waals surface area contributed by atoms with Gasteiger partial charge in [-0.2, -0.15) is 0 Å². The Kier molecular flexibility index (Phi) is 5.12. The maximum Gasteiger partial charge on any atom is 0.335 e. The van der Waals surface area contributed by atoms with Gasteiger partial charge in [0.05, 0.1) is 5.56 Å². The van der Waals surface area contributed by atoms with Gasteiger partial charge in [-0.1, -0.05) is 55.8 Å². The summed E-state index contributed by atoms with van der Waals surface area (Å²) < 4.78 is 0. The van der Waals surface area contributed by atoms with Gasteiger partial charge in [0, 0.05) is 0 Å². The zero-order valence-electron chi connectivity index (χ0n) is 11.0. The van der Waals surface area contributed by atoms with Crippen LogP contribution in [-0.4, -0.2) is 11.1 Å². The number of rotatable bonds is 2. The molecule has 0 aliphatic carbocycles. The number of aryl methyl sites for hydroxylation is 1. The third-order valence-electron chi connectivity index (χ3n) is 2.49. The average molecular weight is 242 g/mol. The molecule has 0 aliphatic heterocycles. The monoisotopic (exact) mass is 242 g/mol. The van der Waals surface area contributed by atoms with E-state index in [4.69, 9.17) is 5.11 Å². The van der Waals surface area contributed by atoms with Crippen LogP contribution in [0.4, 0.5) is 0 Å². The Balaban J connectivity index is 0.000000771. The maximum atomic E-state index is 10.8. The smallest absolute Gasteiger partial charge is 0.335 e. The maximum absolute atomic E-state index is 10.8. The molecule has 0 atom stereocenters. The molecule has 0 aliphatic rings. The van der Waals surface area contributed by atoms with Gasteiger partial charge in [0.1, 0.15) is 0 Å². The molecule has 2 nitrogen and oxygen atoms in total. The first kappa shape index (κ1) is 14.0. The summed E-state index contributed by atoms with van der Waals surface area (Å²) in [6, 6.07) is 15.0. The van der Waals surface area contributed by atoms with E-state index in [2.05, 4.69) is 0 Å². The predicted octanol–water partition coefficient (Wildman–Crippen LogP) is 4.39. The fraction of sp³-hybridized carbons (Fsp3) is 0.188. The van der Waals surface area contributed by atoms with Gasteiger partial charge in [-0.15, -0.1) is 0 Å². The lowest BCUT2D eigenvalue weighted by atomic mass is 10.0. The summed E-state index contributed by atoms with van der Waals surface area (Å²) in [7, 11) is 0. The molecule has 18 heavy (non-hydrogen) atoms. The fourth-order valence-corrected chi connectivity index (χ4v) is 1.58. The van der Waals surface area contributed by atoms with Crippen molar-refractivity contribution in [2.75, 3.05) is 0 Å². The Hall–Kier alpha value is -2.09. The van der Waals surface area contributed by atoms with E-state index >= 15 is 0 Å². The SMILES string of the molecule is CC.Cc1ccc(-c2cccc(C(=O)O)c2)cc1. The molecule has 94 valence electrons. The molecular weight excluding hydrogens is 224 g/mol. The van der Waals surface area contributed by atoms with Crippen LogP contribution in [-0.2, 0) is 0 Å². The lowest BCUT2D eigenvalue weighted by Gasteiger charge is -2.03. The summed E-state index contributed by atoms with van der Waals surface area (Å²) >= 11 is 0. The van der Waals surface area contributed by atoms with Gasteiger partial charge in [0.25, 0.3) is 0 Å². The minimum absolute atomic E-state index is 0.318. The number of hydrogen-bond acceptors (Lipinski definition) is 1. The number of carboxylic acid groups (broad SMARTS) is 1. The van der Waals surface area contributed by atoms with Crippen molar-refractivity contribution in [3.05, 3.63) is 59.7 Å². The van der Waals surface area contributed by atoms with Crippen molar-refractivity contribution in [2.24, 2.45) is 0 Å². The van der Waals surface area contributed by atoms with Crippen molar-refractivity contribution in [1.29, 1.82) is 0 Å². The summed E-state index contributed by atoms with van der Waals surface area (Å²) in [4.78, 5) is 10.8. The van der Waals surface area contributed by atoms with Crippen LogP contribution < -0.4 is 0 Å². The number of carbonyl (C=O) groups is 1. The number of benzene rings is 2. The van der Waals surface area contributed by atoms with Gasteiger partial charge >= 0.3 is 5.97 Å². The largest absolute Gasteiger partial charge is 0.478 e. The lowest BCUT2D eigenvalue weighted by molar-refractivity contribution is 0.0697. The van der Waals surface area contributed by atoms with Crippen molar-refractivity contribution in [2.45, 2.75) is 20.8 Å². The molecule has 0 amide bonds. The van der Waals surface area contributed by atoms with E-state index < -0.39 is 5.97 Å². The quantitative estimate of drug-likeness (QED) is 0.848. The second-order valence-electron chi connectivity index (χ2n) is 3.75. The highest BCUT2D eigenvalue weighted by Crippen LogP contribution is 2.20. The van der Waals surface area contributed by atoms with Crippen LogP contribution in [0.25, 0.3) is 11.1 Å². The van der Waals surface area contributed by atoms with Crippen LogP contribution in [0, 0.1) is 6.92 Å². The molecule has 2 aromatic rings. The van der Waals surface area contributed by atoms with E-state index in [1.54, 1.807) is 18.2 Å². The number of hydrogen-bond donors (Lipinski definition) is 1. The highest BCUT2D eigenvalue weighted by molar-refractivity contribution is 5.89. The predicted molar refractivity (Wildman–Crippen MR) is 74.9 cm³/mol. The Labute approximate surface area is 108 Å². The van der Waals surface area contributed by atoms with E-state index in [-0.39, 0.29) is 0 Å². The third kappa shape index (κ3) is 3.45. The molecule has 0 saturated carbocycles. The number of carboxylic acids is 1. The Morgan fingerprint density at radius 1 is 0.944 bits per heavy atom. The molecule has 0 heterocycles. The van der Waals surface area contributed by atoms with Crippen LogP contribution in [0.5, 0.6) is 0 Å². The van der Waals surface area contributed by atoms with Crippen molar-refractivity contribution < 1.29 is 9.90 Å². The summed E-state index contributed by atoms with van der Waals surface area (Å²) in [6.07, 6.45) is 0. The summed E-state index contributed by atoms with van der Waals surface area (Å²) in [5.74, 6) is -0.894. The molecule has 0 radical (unpaired) electrons. The van der Waals surface area contributed by atoms with E-state index in [0.717, 1.165) is 11.1 Å². The Morgan fingerprint density at radius 2 is 1.56 bits per heavy atom. The van der Waals surface area contributed by atoms with Gasteiger partial charge in [-0.25, -0.2) is 4.79 Å². The highest BCUT2D eigenvalue weighted by atomic mass is 16.4.